The van der Waals surface area contributed by atoms with Gasteiger partial charge >= 0.3 is 0 Å². The molecule has 2 atom stereocenters. The van der Waals surface area contributed by atoms with Crippen molar-refractivity contribution in [3.63, 3.8) is 0 Å². The van der Waals surface area contributed by atoms with E-state index >= 15 is 0 Å². The van der Waals surface area contributed by atoms with Gasteiger partial charge in [-0.05, 0) is 38.2 Å². The first-order chi connectivity index (χ1) is 9.51. The second-order valence-electron chi connectivity index (χ2n) is 5.66. The Hall–Kier alpha value is -1.43. The van der Waals surface area contributed by atoms with E-state index in [1.807, 2.05) is 43.3 Å². The number of aliphatic hydroxyl groups excluding tert-OH is 1. The molecule has 20 heavy (non-hydrogen) atoms. The van der Waals surface area contributed by atoms with Gasteiger partial charge in [0, 0.05) is 31.2 Å². The van der Waals surface area contributed by atoms with Crippen molar-refractivity contribution in [1.29, 1.82) is 0 Å². The summed E-state index contributed by atoms with van der Waals surface area (Å²) in [5.74, 6) is -0.0167. The second kappa shape index (κ2) is 6.35. The molecule has 1 saturated heterocycles. The van der Waals surface area contributed by atoms with E-state index < -0.39 is 6.10 Å². The fourth-order valence-corrected chi connectivity index (χ4v) is 2.68. The van der Waals surface area contributed by atoms with E-state index in [4.69, 9.17) is 5.73 Å². The summed E-state index contributed by atoms with van der Waals surface area (Å²) in [6.45, 7) is 1.65. The molecule has 1 fully saturated rings. The molecule has 1 aromatic rings. The van der Waals surface area contributed by atoms with Gasteiger partial charge in [0.15, 0.2) is 0 Å². The monoisotopic (exact) mass is 277 g/mol. The summed E-state index contributed by atoms with van der Waals surface area (Å²) in [5.41, 5.74) is 7.22. The predicted molar refractivity (Wildman–Crippen MR) is 78.3 cm³/mol. The number of likely N-dealkylation sites (tertiary alicyclic amines) is 1. The molecule has 1 heterocycles. The molecule has 3 N–H and O–H groups in total. The Morgan fingerprint density at radius 2 is 2.05 bits per heavy atom. The Balaban J connectivity index is 2.13. The third-order valence-electron chi connectivity index (χ3n) is 3.67. The van der Waals surface area contributed by atoms with Crippen molar-refractivity contribution in [2.75, 3.05) is 27.2 Å². The summed E-state index contributed by atoms with van der Waals surface area (Å²) < 4.78 is 0. The molecule has 1 aromatic carbocycles. The molecule has 0 aromatic heterocycles. The SMILES string of the molecule is CN(C)CC1CC(O)CN1C(=O)c1ccc(CN)cc1. The summed E-state index contributed by atoms with van der Waals surface area (Å²) in [6.07, 6.45) is 0.220. The minimum absolute atomic E-state index is 0.0167. The molecule has 5 heteroatoms. The maximum atomic E-state index is 12.5. The van der Waals surface area contributed by atoms with Crippen molar-refractivity contribution in [1.82, 2.24) is 9.80 Å². The van der Waals surface area contributed by atoms with Gasteiger partial charge in [-0.15, -0.1) is 0 Å². The maximum Gasteiger partial charge on any atom is 0.254 e. The van der Waals surface area contributed by atoms with Gasteiger partial charge in [0.2, 0.25) is 0 Å². The van der Waals surface area contributed by atoms with Crippen LogP contribution in [0.1, 0.15) is 22.3 Å². The molecule has 0 spiro atoms. The first kappa shape index (κ1) is 15.0. The lowest BCUT2D eigenvalue weighted by Gasteiger charge is -2.27. The molecular formula is C15H23N3O2. The molecular weight excluding hydrogens is 254 g/mol. The fourth-order valence-electron chi connectivity index (χ4n) is 2.68. The molecule has 110 valence electrons. The molecule has 1 amide bonds. The Labute approximate surface area is 120 Å². The minimum atomic E-state index is -0.424. The summed E-state index contributed by atoms with van der Waals surface area (Å²) >= 11 is 0. The number of hydrogen-bond donors (Lipinski definition) is 2. The number of nitrogens with zero attached hydrogens (tertiary/aromatic N) is 2. The Morgan fingerprint density at radius 1 is 1.40 bits per heavy atom. The number of nitrogens with two attached hydrogens (primary N) is 1. The van der Waals surface area contributed by atoms with E-state index in [0.29, 0.717) is 25.1 Å². The molecule has 5 nitrogen and oxygen atoms in total. The number of likely N-dealkylation sites (N-methyl/N-ethyl adjacent to an activating group) is 1. The van der Waals surface area contributed by atoms with E-state index in [1.165, 1.54) is 0 Å². The van der Waals surface area contributed by atoms with Gasteiger partial charge in [0.05, 0.1) is 6.10 Å². The highest BCUT2D eigenvalue weighted by Gasteiger charge is 2.34. The number of hydrogen-bond acceptors (Lipinski definition) is 4. The van der Waals surface area contributed by atoms with Crippen LogP contribution >= 0.6 is 0 Å². The predicted octanol–water partition coefficient (Wildman–Crippen LogP) is 0.282. The normalized spacial score (nSPS) is 22.6. The van der Waals surface area contributed by atoms with E-state index in [0.717, 1.165) is 12.1 Å². The topological polar surface area (TPSA) is 69.8 Å². The average molecular weight is 277 g/mol. The van der Waals surface area contributed by atoms with Crippen LogP contribution in [-0.4, -0.2) is 60.1 Å². The highest BCUT2D eigenvalue weighted by atomic mass is 16.3. The molecule has 2 unspecified atom stereocenters. The summed E-state index contributed by atoms with van der Waals surface area (Å²) in [7, 11) is 3.95. The number of amides is 1. The minimum Gasteiger partial charge on any atom is -0.391 e. The van der Waals surface area contributed by atoms with Crippen molar-refractivity contribution >= 4 is 5.91 Å². The van der Waals surface area contributed by atoms with Gasteiger partial charge in [-0.1, -0.05) is 12.1 Å². The molecule has 0 bridgehead atoms. The van der Waals surface area contributed by atoms with E-state index in [1.54, 1.807) is 4.90 Å². The van der Waals surface area contributed by atoms with Gasteiger partial charge in [-0.25, -0.2) is 0 Å². The van der Waals surface area contributed by atoms with E-state index in [-0.39, 0.29) is 11.9 Å². The van der Waals surface area contributed by atoms with Gasteiger partial charge in [-0.3, -0.25) is 4.79 Å². The number of carbonyl (C=O) groups is 1. The Kier molecular flexibility index (Phi) is 4.75. The van der Waals surface area contributed by atoms with Gasteiger partial charge in [-0.2, -0.15) is 0 Å². The lowest BCUT2D eigenvalue weighted by molar-refractivity contribution is 0.0699. The number of carbonyl (C=O) groups excluding carboxylic acids is 1. The Bertz CT molecular complexity index is 459. The second-order valence-corrected chi connectivity index (χ2v) is 5.66. The highest BCUT2D eigenvalue weighted by molar-refractivity contribution is 5.94. The van der Waals surface area contributed by atoms with Crippen LogP contribution in [0.25, 0.3) is 0 Å². The van der Waals surface area contributed by atoms with Crippen LogP contribution in [0.15, 0.2) is 24.3 Å². The molecule has 0 aliphatic carbocycles. The molecule has 2 rings (SSSR count). The van der Waals surface area contributed by atoms with Crippen molar-refractivity contribution in [3.8, 4) is 0 Å². The highest BCUT2D eigenvalue weighted by Crippen LogP contribution is 2.21. The number of rotatable bonds is 4. The quantitative estimate of drug-likeness (QED) is 0.829. The maximum absolute atomic E-state index is 12.5. The van der Waals surface area contributed by atoms with Gasteiger partial charge in [0.25, 0.3) is 5.91 Å². The van der Waals surface area contributed by atoms with Crippen LogP contribution in [0.2, 0.25) is 0 Å². The lowest BCUT2D eigenvalue weighted by Crippen LogP contribution is -2.41. The standard InChI is InChI=1S/C15H23N3O2/c1-17(2)9-13-7-14(19)10-18(13)15(20)12-5-3-11(8-16)4-6-12/h3-6,13-14,19H,7-10,16H2,1-2H3. The first-order valence-electron chi connectivity index (χ1n) is 6.94. The number of aliphatic hydroxyl groups is 1. The molecule has 0 saturated carbocycles. The van der Waals surface area contributed by atoms with Crippen molar-refractivity contribution in [2.45, 2.75) is 25.1 Å². The van der Waals surface area contributed by atoms with Crippen LogP contribution in [0, 0.1) is 0 Å². The summed E-state index contributed by atoms with van der Waals surface area (Å²) in [6, 6.07) is 7.44. The lowest BCUT2D eigenvalue weighted by atomic mass is 10.1. The molecule has 1 aliphatic rings. The van der Waals surface area contributed by atoms with E-state index in [9.17, 15) is 9.90 Å². The van der Waals surface area contributed by atoms with Crippen molar-refractivity contribution in [3.05, 3.63) is 35.4 Å². The first-order valence-corrected chi connectivity index (χ1v) is 6.94. The van der Waals surface area contributed by atoms with E-state index in [2.05, 4.69) is 0 Å². The number of benzene rings is 1. The smallest absolute Gasteiger partial charge is 0.254 e. The molecule has 1 aliphatic heterocycles. The summed E-state index contributed by atoms with van der Waals surface area (Å²) in [4.78, 5) is 16.4. The average Bonchev–Trinajstić information content (AvgIpc) is 2.78. The number of β-amino-alcohol motifs (C(OH)–C–C–N with tert-alkyl or cyclic N) is 1. The van der Waals surface area contributed by atoms with Crippen LogP contribution in [0.4, 0.5) is 0 Å². The Morgan fingerprint density at radius 3 is 2.60 bits per heavy atom. The van der Waals surface area contributed by atoms with Crippen LogP contribution in [0.5, 0.6) is 0 Å². The summed E-state index contributed by atoms with van der Waals surface area (Å²) in [5, 5.41) is 9.83. The zero-order chi connectivity index (χ0) is 14.7. The largest absolute Gasteiger partial charge is 0.391 e. The zero-order valence-electron chi connectivity index (χ0n) is 12.1. The fraction of sp³-hybridized carbons (Fsp3) is 0.533. The van der Waals surface area contributed by atoms with Gasteiger partial charge < -0.3 is 20.6 Å². The van der Waals surface area contributed by atoms with Crippen LogP contribution in [0.3, 0.4) is 0 Å². The van der Waals surface area contributed by atoms with Crippen LogP contribution in [-0.2, 0) is 6.54 Å². The van der Waals surface area contributed by atoms with Crippen molar-refractivity contribution < 1.29 is 9.90 Å². The van der Waals surface area contributed by atoms with Crippen LogP contribution < -0.4 is 5.73 Å². The third-order valence-corrected chi connectivity index (χ3v) is 3.67. The van der Waals surface area contributed by atoms with Crippen molar-refractivity contribution in [2.24, 2.45) is 5.73 Å². The zero-order valence-corrected chi connectivity index (χ0v) is 12.1. The van der Waals surface area contributed by atoms with Gasteiger partial charge in [0.1, 0.15) is 0 Å². The molecule has 0 radical (unpaired) electrons. The third kappa shape index (κ3) is 3.36.